The van der Waals surface area contributed by atoms with Crippen LogP contribution in [0, 0.1) is 11.6 Å². The number of rotatable bonds is 5. The lowest BCUT2D eigenvalue weighted by atomic mass is 9.93. The maximum atomic E-state index is 13.7. The van der Waals surface area contributed by atoms with Crippen LogP contribution in [0.2, 0.25) is 0 Å². The molecule has 5 nitrogen and oxygen atoms in total. The molecule has 0 N–H and O–H groups in total. The van der Waals surface area contributed by atoms with E-state index < -0.39 is 40.9 Å². The van der Waals surface area contributed by atoms with Crippen molar-refractivity contribution in [3.05, 3.63) is 107 Å². The number of likely N-dealkylation sites (N-methyl/N-ethyl adjacent to an activating group) is 1. The summed E-state index contributed by atoms with van der Waals surface area (Å²) in [6.45, 7) is 3.03. The average Bonchev–Trinajstić information content (AvgIpc) is 3.06. The summed E-state index contributed by atoms with van der Waals surface area (Å²) in [5.41, 5.74) is 0.175. The van der Waals surface area contributed by atoms with E-state index >= 15 is 0 Å². The normalized spacial score (nSPS) is 13.5. The number of fused-ring (bicyclic) bond motifs is 1. The Hall–Kier alpha value is -3.87. The molecule has 0 aliphatic carbocycles. The Labute approximate surface area is 190 Å². The Balaban J connectivity index is 1.73. The lowest BCUT2D eigenvalue weighted by Crippen LogP contribution is -2.57. The second kappa shape index (κ2) is 8.24. The van der Waals surface area contributed by atoms with E-state index in [0.717, 1.165) is 4.90 Å². The van der Waals surface area contributed by atoms with Gasteiger partial charge in [0.25, 0.3) is 11.8 Å². The highest BCUT2D eigenvalue weighted by Gasteiger charge is 2.49. The molecular weight excluding hydrogens is 426 g/mol. The third kappa shape index (κ3) is 3.80. The second-order valence-corrected chi connectivity index (χ2v) is 8.47. The molecule has 0 fully saturated rings. The summed E-state index contributed by atoms with van der Waals surface area (Å²) < 4.78 is 27.1. The topological polar surface area (TPSA) is 57.7 Å². The van der Waals surface area contributed by atoms with Gasteiger partial charge >= 0.3 is 0 Å². The zero-order chi connectivity index (χ0) is 23.9. The first-order valence-corrected chi connectivity index (χ1v) is 10.4. The third-order valence-corrected chi connectivity index (χ3v) is 5.96. The lowest BCUT2D eigenvalue weighted by molar-refractivity contribution is -0.140. The third-order valence-electron chi connectivity index (χ3n) is 5.96. The van der Waals surface area contributed by atoms with Crippen LogP contribution in [0.15, 0.2) is 72.8 Å². The minimum Gasteiger partial charge on any atom is -0.333 e. The van der Waals surface area contributed by atoms with Crippen LogP contribution < -0.4 is 0 Å². The highest BCUT2D eigenvalue weighted by molar-refractivity contribution is 6.23. The Morgan fingerprint density at radius 3 is 1.58 bits per heavy atom. The first kappa shape index (κ1) is 22.3. The summed E-state index contributed by atoms with van der Waals surface area (Å²) in [6.07, 6.45) is 0. The monoisotopic (exact) mass is 448 g/mol. The molecule has 7 heteroatoms. The minimum atomic E-state index is -1.51. The highest BCUT2D eigenvalue weighted by atomic mass is 19.1. The zero-order valence-electron chi connectivity index (χ0n) is 18.4. The van der Waals surface area contributed by atoms with Crippen LogP contribution in [0.25, 0.3) is 0 Å². The van der Waals surface area contributed by atoms with E-state index in [1.54, 1.807) is 55.6 Å². The summed E-state index contributed by atoms with van der Waals surface area (Å²) in [5.74, 6) is -2.45. The fourth-order valence-electron chi connectivity index (χ4n) is 4.27. The number of benzene rings is 3. The van der Waals surface area contributed by atoms with Crippen molar-refractivity contribution < 1.29 is 23.2 Å². The van der Waals surface area contributed by atoms with Crippen LogP contribution in [0.4, 0.5) is 8.78 Å². The van der Waals surface area contributed by atoms with Crippen LogP contribution in [0.3, 0.4) is 0 Å². The van der Waals surface area contributed by atoms with Gasteiger partial charge < -0.3 is 4.90 Å². The van der Waals surface area contributed by atoms with Gasteiger partial charge in [-0.05, 0) is 61.4 Å². The van der Waals surface area contributed by atoms with E-state index in [9.17, 15) is 23.2 Å². The van der Waals surface area contributed by atoms with Gasteiger partial charge in [-0.3, -0.25) is 19.3 Å². The molecule has 0 atom stereocenters. The van der Waals surface area contributed by atoms with Gasteiger partial charge in [0.15, 0.2) is 0 Å². The van der Waals surface area contributed by atoms with E-state index in [-0.39, 0.29) is 11.1 Å². The maximum Gasteiger partial charge on any atom is 0.262 e. The van der Waals surface area contributed by atoms with Gasteiger partial charge in [-0.1, -0.05) is 36.4 Å². The largest absolute Gasteiger partial charge is 0.333 e. The van der Waals surface area contributed by atoms with Gasteiger partial charge in [-0.2, -0.15) is 0 Å². The SMILES string of the molecule is CN(C(=O)C(C)(C)N1C(=O)c2ccccc2C1=O)C(c1ccc(F)cc1)c1ccc(F)cc1. The Morgan fingerprint density at radius 2 is 1.18 bits per heavy atom. The summed E-state index contributed by atoms with van der Waals surface area (Å²) in [7, 11) is 1.54. The fourth-order valence-corrected chi connectivity index (χ4v) is 4.27. The van der Waals surface area contributed by atoms with Crippen molar-refractivity contribution in [3.8, 4) is 0 Å². The van der Waals surface area contributed by atoms with Crippen LogP contribution in [-0.4, -0.2) is 40.1 Å². The number of hydrogen-bond donors (Lipinski definition) is 0. The zero-order valence-corrected chi connectivity index (χ0v) is 18.4. The quantitative estimate of drug-likeness (QED) is 0.537. The van der Waals surface area contributed by atoms with Crippen molar-refractivity contribution in [2.75, 3.05) is 7.05 Å². The van der Waals surface area contributed by atoms with Crippen molar-refractivity contribution in [2.24, 2.45) is 0 Å². The van der Waals surface area contributed by atoms with E-state index in [2.05, 4.69) is 0 Å². The van der Waals surface area contributed by atoms with E-state index in [1.807, 2.05) is 0 Å². The molecule has 0 aromatic heterocycles. The molecule has 1 heterocycles. The second-order valence-electron chi connectivity index (χ2n) is 8.47. The van der Waals surface area contributed by atoms with Crippen LogP contribution >= 0.6 is 0 Å². The lowest BCUT2D eigenvalue weighted by Gasteiger charge is -2.39. The van der Waals surface area contributed by atoms with Gasteiger partial charge in [0.1, 0.15) is 17.2 Å². The molecule has 0 saturated heterocycles. The van der Waals surface area contributed by atoms with Crippen molar-refractivity contribution >= 4 is 17.7 Å². The van der Waals surface area contributed by atoms with Crippen molar-refractivity contribution in [1.29, 1.82) is 0 Å². The standard InChI is InChI=1S/C26H22F2N2O3/c1-26(2,30-23(31)20-6-4-5-7-21(20)24(30)32)25(33)29(3)22(16-8-12-18(27)13-9-16)17-10-14-19(28)15-11-17/h4-15,22H,1-3H3. The predicted octanol–water partition coefficient (Wildman–Crippen LogP) is 4.59. The number of carbonyl (C=O) groups excluding carboxylic acids is 3. The molecule has 0 unspecified atom stereocenters. The summed E-state index contributed by atoms with van der Waals surface area (Å²) >= 11 is 0. The first-order chi connectivity index (χ1) is 15.6. The molecule has 33 heavy (non-hydrogen) atoms. The van der Waals surface area contributed by atoms with Crippen molar-refractivity contribution in [1.82, 2.24) is 9.80 Å². The Morgan fingerprint density at radius 1 is 0.788 bits per heavy atom. The van der Waals surface area contributed by atoms with Gasteiger partial charge in [0.2, 0.25) is 5.91 Å². The Bertz CT molecular complexity index is 1160. The van der Waals surface area contributed by atoms with Crippen molar-refractivity contribution in [3.63, 3.8) is 0 Å². The van der Waals surface area contributed by atoms with Gasteiger partial charge in [-0.25, -0.2) is 8.78 Å². The number of imide groups is 1. The minimum absolute atomic E-state index is 0.250. The van der Waals surface area contributed by atoms with E-state index in [0.29, 0.717) is 11.1 Å². The predicted molar refractivity (Wildman–Crippen MR) is 118 cm³/mol. The molecule has 3 amide bonds. The molecule has 168 valence electrons. The number of carbonyl (C=O) groups is 3. The van der Waals surface area contributed by atoms with E-state index in [4.69, 9.17) is 0 Å². The van der Waals surface area contributed by atoms with Gasteiger partial charge in [0, 0.05) is 7.05 Å². The number of nitrogens with zero attached hydrogens (tertiary/aromatic N) is 2. The highest BCUT2D eigenvalue weighted by Crippen LogP contribution is 2.34. The van der Waals surface area contributed by atoms with E-state index in [1.165, 1.54) is 43.0 Å². The average molecular weight is 448 g/mol. The molecule has 4 rings (SSSR count). The van der Waals surface area contributed by atoms with Crippen molar-refractivity contribution in [2.45, 2.75) is 25.4 Å². The van der Waals surface area contributed by atoms with Gasteiger partial charge in [0.05, 0.1) is 17.2 Å². The molecule has 0 bridgehead atoms. The van der Waals surface area contributed by atoms with Gasteiger partial charge in [-0.15, -0.1) is 0 Å². The summed E-state index contributed by atoms with van der Waals surface area (Å²) in [4.78, 5) is 42.1. The smallest absolute Gasteiger partial charge is 0.262 e. The number of halogens is 2. The van der Waals surface area contributed by atoms with Crippen LogP contribution in [0.1, 0.15) is 51.7 Å². The molecule has 1 aliphatic heterocycles. The molecular formula is C26H22F2N2O3. The number of hydrogen-bond acceptors (Lipinski definition) is 3. The maximum absolute atomic E-state index is 13.7. The van der Waals surface area contributed by atoms with Crippen LogP contribution in [0.5, 0.6) is 0 Å². The fraction of sp³-hybridized carbons (Fsp3) is 0.192. The molecule has 1 aliphatic rings. The summed E-state index contributed by atoms with van der Waals surface area (Å²) in [6, 6.07) is 17.0. The molecule has 0 saturated carbocycles. The van der Waals surface area contributed by atoms with Crippen LogP contribution in [-0.2, 0) is 4.79 Å². The molecule has 0 spiro atoms. The molecule has 3 aromatic carbocycles. The molecule has 0 radical (unpaired) electrons. The summed E-state index contributed by atoms with van der Waals surface area (Å²) in [5, 5.41) is 0. The molecule has 3 aromatic rings. The first-order valence-electron chi connectivity index (χ1n) is 10.4. The Kier molecular flexibility index (Phi) is 5.57. The number of amides is 3.